The summed E-state index contributed by atoms with van der Waals surface area (Å²) >= 11 is 0. The summed E-state index contributed by atoms with van der Waals surface area (Å²) < 4.78 is 10.4. The van der Waals surface area contributed by atoms with Gasteiger partial charge in [-0.1, -0.05) is 204 Å². The van der Waals surface area contributed by atoms with Gasteiger partial charge in [-0.05, 0) is 119 Å². The summed E-state index contributed by atoms with van der Waals surface area (Å²) in [5.41, 5.74) is -1.79. The number of alkyl carbamates (subject to hydrolysis) is 1. The number of benzene rings is 4. The molecule has 0 aliphatic carbocycles. The molecule has 0 aromatic heterocycles. The van der Waals surface area contributed by atoms with Crippen LogP contribution in [0.1, 0.15) is 167 Å². The summed E-state index contributed by atoms with van der Waals surface area (Å²) in [5.74, 6) is -11.4. The van der Waals surface area contributed by atoms with Crippen LogP contribution in [0.3, 0.4) is 0 Å². The minimum Gasteiger partial charge on any atom is -0.467 e. The first-order valence-electron chi connectivity index (χ1n) is 37.5. The highest BCUT2D eigenvalue weighted by Crippen LogP contribution is 2.19. The van der Waals surface area contributed by atoms with Crippen LogP contribution in [0.2, 0.25) is 0 Å². The lowest BCUT2D eigenvalue weighted by molar-refractivity contribution is -0.146. The minimum atomic E-state index is -1.79. The second-order valence-electron chi connectivity index (χ2n) is 32.1. The molecule has 4 aromatic rings. The highest BCUT2D eigenvalue weighted by Gasteiger charge is 2.43. The number of rotatable bonds is 40. The van der Waals surface area contributed by atoms with Gasteiger partial charge in [-0.15, -0.1) is 0 Å². The fourth-order valence-electron chi connectivity index (χ4n) is 11.7. The molecule has 0 saturated heterocycles. The van der Waals surface area contributed by atoms with E-state index >= 15 is 0 Å². The van der Waals surface area contributed by atoms with E-state index in [1.165, 1.54) is 34.8 Å². The fourth-order valence-corrected chi connectivity index (χ4v) is 11.7. The van der Waals surface area contributed by atoms with Crippen LogP contribution in [0.15, 0.2) is 121 Å². The zero-order chi connectivity index (χ0) is 81.8. The Morgan fingerprint density at radius 1 is 0.303 bits per heavy atom. The zero-order valence-corrected chi connectivity index (χ0v) is 67.2. The molecule has 0 saturated carbocycles. The third kappa shape index (κ3) is 30.8. The SMILES string of the molecule is COC(=O)[C@@H](NC(=O)[C@H](Cc1ccccc1)NC(=O)[C@H](CC(C)C)NC(=O)[C@H](Cc1ccccc1)NC(=O)[C@@H](NC(=O)C(C)(C)NC(=O)C(C)(C)NC(=O)[C@@H](NC(=O)[C@H](Cc1ccccc1)NC(=O)[C@H](CC(C)C)NC(=O)[C@H](Cc1ccccc1)NC(=O)[C@@H](NC(=O)OC(C)(C)C)C(C)C)C(C)C)C(C)C)C(C)C. The minimum absolute atomic E-state index is 0.00478. The molecule has 12 N–H and O–H groups in total. The van der Waals surface area contributed by atoms with E-state index in [0.29, 0.717) is 22.3 Å². The molecule has 0 bridgehead atoms. The number of carbonyl (C=O) groups is 13. The molecule has 12 amide bonds. The molecule has 109 heavy (non-hydrogen) atoms. The van der Waals surface area contributed by atoms with Crippen LogP contribution in [-0.2, 0) is 92.7 Å². The van der Waals surface area contributed by atoms with E-state index in [1.807, 2.05) is 27.7 Å². The lowest BCUT2D eigenvalue weighted by Gasteiger charge is -2.35. The van der Waals surface area contributed by atoms with Gasteiger partial charge in [-0.2, -0.15) is 0 Å². The monoisotopic (exact) mass is 1510 g/mol. The molecule has 27 heteroatoms. The average molecular weight is 1510 g/mol. The molecule has 0 aliphatic heterocycles. The Balaban J connectivity index is 1.55. The summed E-state index contributed by atoms with van der Waals surface area (Å²) in [6, 6.07) is 22.9. The van der Waals surface area contributed by atoms with Crippen LogP contribution in [0.4, 0.5) is 4.79 Å². The molecule has 0 heterocycles. The summed E-state index contributed by atoms with van der Waals surface area (Å²) in [6.07, 6.45) is -0.756. The Morgan fingerprint density at radius 3 is 0.872 bits per heavy atom. The first-order valence-corrected chi connectivity index (χ1v) is 37.5. The van der Waals surface area contributed by atoms with Crippen molar-refractivity contribution in [2.24, 2.45) is 35.5 Å². The van der Waals surface area contributed by atoms with Crippen molar-refractivity contribution < 1.29 is 71.8 Å². The number of carbonyl (C=O) groups excluding carboxylic acids is 13. The topological polar surface area (TPSA) is 385 Å². The molecule has 4 rings (SSSR count). The number of hydrogen-bond acceptors (Lipinski definition) is 15. The van der Waals surface area contributed by atoms with E-state index in [4.69, 9.17) is 9.47 Å². The second-order valence-corrected chi connectivity index (χ2v) is 32.1. The van der Waals surface area contributed by atoms with Gasteiger partial charge in [-0.25, -0.2) is 9.59 Å². The third-order valence-corrected chi connectivity index (χ3v) is 17.9. The Labute approximate surface area is 643 Å². The smallest absolute Gasteiger partial charge is 0.408 e. The van der Waals surface area contributed by atoms with Crippen molar-refractivity contribution in [1.82, 2.24) is 63.8 Å². The lowest BCUT2D eigenvalue weighted by Crippen LogP contribution is -2.66. The molecule has 10 atom stereocenters. The molecule has 598 valence electrons. The molecule has 4 aromatic carbocycles. The Kier molecular flexibility index (Phi) is 35.6. The maximum Gasteiger partial charge on any atom is 0.408 e. The predicted molar refractivity (Wildman–Crippen MR) is 416 cm³/mol. The standard InChI is InChI=1S/C82H120N12O15/c1-47(2)41-57(84-70(98)60(44-54-35-27-22-28-36-54)88-74(102)64(50(7)8)92-79(107)109-80(13,14)15)67(95)85-61(45-55-37-29-23-30-38-55)71(99)89-65(51(9)10)75(103)93-82(18,19)78(106)94-81(16,17)77(105)91-63(49(5)6)73(101)87-59(43-53-33-25-21-26-34-53)69(97)83-58(42-48(3)4)68(96)86-62(46-56-39-31-24-32-40-56)72(100)90-66(52(11)12)76(104)108-20/h21-40,47-52,57-66H,41-46H2,1-20H3,(H,83,97)(H,84,98)(H,85,95)(H,86,96)(H,87,101)(H,88,102)(H,89,99)(H,90,100)(H,91,105)(H,92,107)(H,93,103)(H,94,106)/t57-,58-,59-,60-,61-,62-,63-,64-,65-,66-/m0/s1. The molecule has 27 nitrogen and oxygen atoms in total. The Hall–Kier alpha value is -10.2. The number of amides is 12. The largest absolute Gasteiger partial charge is 0.467 e. The van der Waals surface area contributed by atoms with Crippen molar-refractivity contribution in [2.75, 3.05) is 7.11 Å². The van der Waals surface area contributed by atoms with Crippen molar-refractivity contribution in [1.29, 1.82) is 0 Å². The van der Waals surface area contributed by atoms with Gasteiger partial charge in [0.2, 0.25) is 65.0 Å². The summed E-state index contributed by atoms with van der Waals surface area (Å²) in [7, 11) is 1.21. The van der Waals surface area contributed by atoms with Gasteiger partial charge in [0.15, 0.2) is 0 Å². The summed E-state index contributed by atoms with van der Waals surface area (Å²) in [5, 5.41) is 33.2. The number of methoxy groups -OCH3 is 1. The van der Waals surface area contributed by atoms with Gasteiger partial charge in [-0.3, -0.25) is 52.7 Å². The summed E-state index contributed by atoms with van der Waals surface area (Å²) in [4.78, 5) is 185. The molecule has 0 aliphatic rings. The maximum absolute atomic E-state index is 14.8. The van der Waals surface area contributed by atoms with Crippen LogP contribution in [0.25, 0.3) is 0 Å². The van der Waals surface area contributed by atoms with Crippen molar-refractivity contribution in [2.45, 2.75) is 247 Å². The first-order chi connectivity index (χ1) is 50.9. The maximum atomic E-state index is 14.8. The van der Waals surface area contributed by atoms with Gasteiger partial charge in [0.25, 0.3) is 0 Å². The van der Waals surface area contributed by atoms with E-state index in [0.717, 1.165) is 0 Å². The molecule has 0 fully saturated rings. The van der Waals surface area contributed by atoms with Crippen LogP contribution in [0.5, 0.6) is 0 Å². The number of esters is 1. The highest BCUT2D eigenvalue weighted by molar-refractivity contribution is 6.01. The van der Waals surface area contributed by atoms with Gasteiger partial charge in [0, 0.05) is 25.7 Å². The van der Waals surface area contributed by atoms with E-state index in [9.17, 15) is 62.3 Å². The molecule has 0 unspecified atom stereocenters. The molecule has 0 radical (unpaired) electrons. The third-order valence-electron chi connectivity index (χ3n) is 17.9. The average Bonchev–Trinajstić information content (AvgIpc) is 0.811. The second kappa shape index (κ2) is 42.5. The van der Waals surface area contributed by atoms with Crippen LogP contribution in [-0.4, -0.2) is 161 Å². The normalized spacial score (nSPS) is 14.5. The van der Waals surface area contributed by atoms with Crippen molar-refractivity contribution in [3.05, 3.63) is 144 Å². The molecule has 0 spiro atoms. The van der Waals surface area contributed by atoms with Gasteiger partial charge < -0.3 is 73.3 Å². The van der Waals surface area contributed by atoms with Crippen LogP contribution < -0.4 is 63.8 Å². The van der Waals surface area contributed by atoms with E-state index < -0.39 is 172 Å². The Morgan fingerprint density at radius 2 is 0.569 bits per heavy atom. The van der Waals surface area contributed by atoms with Gasteiger partial charge >= 0.3 is 12.1 Å². The fraction of sp³-hybridized carbons (Fsp3) is 0.549. The molecular formula is C82H120N12O15. The van der Waals surface area contributed by atoms with Crippen LogP contribution >= 0.6 is 0 Å². The molecular weight excluding hydrogens is 1390 g/mol. The van der Waals surface area contributed by atoms with Crippen molar-refractivity contribution >= 4 is 77.0 Å². The number of hydrogen-bond donors (Lipinski definition) is 12. The number of ether oxygens (including phenoxy) is 2. The first kappa shape index (κ1) is 91.2. The van der Waals surface area contributed by atoms with E-state index in [1.54, 1.807) is 197 Å². The Bertz CT molecular complexity index is 3690. The van der Waals surface area contributed by atoms with Gasteiger partial charge in [0.05, 0.1) is 7.11 Å². The van der Waals surface area contributed by atoms with E-state index in [2.05, 4.69) is 63.8 Å². The lowest BCUT2D eigenvalue weighted by atomic mass is 9.95. The van der Waals surface area contributed by atoms with Crippen LogP contribution in [0, 0.1) is 35.5 Å². The van der Waals surface area contributed by atoms with Gasteiger partial charge in [0.1, 0.15) is 77.1 Å². The predicted octanol–water partition coefficient (Wildman–Crippen LogP) is 5.89. The van der Waals surface area contributed by atoms with Crippen molar-refractivity contribution in [3.8, 4) is 0 Å². The zero-order valence-electron chi connectivity index (χ0n) is 67.2. The number of nitrogens with one attached hydrogen (secondary N) is 12. The van der Waals surface area contributed by atoms with E-state index in [-0.39, 0.29) is 56.3 Å². The summed E-state index contributed by atoms with van der Waals surface area (Å²) in [6.45, 7) is 31.6. The quantitative estimate of drug-likeness (QED) is 0.0231. The highest BCUT2D eigenvalue weighted by atomic mass is 16.6. The van der Waals surface area contributed by atoms with Crippen molar-refractivity contribution in [3.63, 3.8) is 0 Å².